The Labute approximate surface area is 179 Å². The van der Waals surface area contributed by atoms with Crippen LogP contribution in [0, 0.1) is 0 Å². The molecule has 0 aliphatic carbocycles. The highest BCUT2D eigenvalue weighted by atomic mass is 79.9. The number of para-hydroxylation sites is 1. The van der Waals surface area contributed by atoms with Gasteiger partial charge in [-0.1, -0.05) is 34.1 Å². The van der Waals surface area contributed by atoms with Crippen molar-refractivity contribution in [2.24, 2.45) is 4.99 Å². The molecule has 2 aromatic carbocycles. The first-order valence-corrected chi connectivity index (χ1v) is 10.3. The van der Waals surface area contributed by atoms with E-state index in [1.807, 2.05) is 65.4 Å². The molecule has 0 atom stereocenters. The fourth-order valence-electron chi connectivity index (χ4n) is 2.98. The molecule has 0 unspecified atom stereocenters. The van der Waals surface area contributed by atoms with E-state index in [1.165, 1.54) is 18.9 Å². The van der Waals surface area contributed by atoms with E-state index in [2.05, 4.69) is 26.2 Å². The number of nitrogens with zero attached hydrogens (tertiary/aromatic N) is 2. The van der Waals surface area contributed by atoms with Crippen molar-refractivity contribution >= 4 is 67.4 Å². The fourth-order valence-corrected chi connectivity index (χ4v) is 4.08. The van der Waals surface area contributed by atoms with Gasteiger partial charge in [0, 0.05) is 27.1 Å². The number of ether oxygens (including phenoxy) is 1. The van der Waals surface area contributed by atoms with Crippen LogP contribution < -0.4 is 5.32 Å². The van der Waals surface area contributed by atoms with Crippen molar-refractivity contribution in [3.05, 3.63) is 69.7 Å². The number of fused-ring (bicyclic) bond motifs is 1. The van der Waals surface area contributed by atoms with Gasteiger partial charge in [-0.3, -0.25) is 9.59 Å². The monoisotopic (exact) mass is 469 g/mol. The molecule has 3 aromatic rings. The lowest BCUT2D eigenvalue weighted by Gasteiger charge is -2.02. The summed E-state index contributed by atoms with van der Waals surface area (Å²) in [5.41, 5.74) is 2.51. The molecule has 146 valence electrons. The van der Waals surface area contributed by atoms with Crippen LogP contribution in [0.4, 0.5) is 5.69 Å². The molecule has 8 heteroatoms. The molecular weight excluding hydrogens is 454 g/mol. The van der Waals surface area contributed by atoms with Gasteiger partial charge in [-0.2, -0.15) is 0 Å². The summed E-state index contributed by atoms with van der Waals surface area (Å²) in [6.45, 7) is 0.107. The lowest BCUT2D eigenvalue weighted by atomic mass is 10.1. The summed E-state index contributed by atoms with van der Waals surface area (Å²) in [6, 6.07) is 15.3. The van der Waals surface area contributed by atoms with Crippen LogP contribution in [0.1, 0.15) is 5.56 Å². The number of carbonyl (C=O) groups is 2. The van der Waals surface area contributed by atoms with Crippen LogP contribution >= 0.6 is 27.7 Å². The van der Waals surface area contributed by atoms with Gasteiger partial charge in [-0.05, 0) is 48.2 Å². The third-order valence-corrected chi connectivity index (χ3v) is 5.78. The van der Waals surface area contributed by atoms with Crippen molar-refractivity contribution < 1.29 is 14.3 Å². The van der Waals surface area contributed by atoms with E-state index in [1.54, 1.807) is 0 Å². The number of methoxy groups -OCH3 is 1. The summed E-state index contributed by atoms with van der Waals surface area (Å²) < 4.78 is 7.57. The molecule has 1 amide bonds. The van der Waals surface area contributed by atoms with Gasteiger partial charge in [0.05, 0.1) is 17.7 Å². The number of nitrogens with one attached hydrogen (secondary N) is 1. The maximum absolute atomic E-state index is 12.4. The number of halogens is 1. The van der Waals surface area contributed by atoms with Gasteiger partial charge in [-0.25, -0.2) is 4.99 Å². The average Bonchev–Trinajstić information content (AvgIpc) is 3.24. The van der Waals surface area contributed by atoms with Crippen molar-refractivity contribution in [2.75, 3.05) is 7.11 Å². The summed E-state index contributed by atoms with van der Waals surface area (Å²) in [7, 11) is 1.36. The molecule has 0 radical (unpaired) electrons. The number of aliphatic imine (C=N–C) groups is 1. The van der Waals surface area contributed by atoms with Crippen LogP contribution in [0.5, 0.6) is 0 Å². The highest BCUT2D eigenvalue weighted by molar-refractivity contribution is 9.10. The van der Waals surface area contributed by atoms with Crippen LogP contribution in [0.15, 0.2) is 69.1 Å². The normalized spacial score (nSPS) is 16.6. The highest BCUT2D eigenvalue weighted by Crippen LogP contribution is 2.31. The van der Waals surface area contributed by atoms with Gasteiger partial charge in [0.2, 0.25) is 0 Å². The van der Waals surface area contributed by atoms with Gasteiger partial charge in [0.1, 0.15) is 6.54 Å². The quantitative estimate of drug-likeness (QED) is 0.451. The van der Waals surface area contributed by atoms with Crippen molar-refractivity contribution in [1.82, 2.24) is 9.88 Å². The van der Waals surface area contributed by atoms with Crippen LogP contribution in [0.25, 0.3) is 17.0 Å². The van der Waals surface area contributed by atoms with E-state index in [4.69, 9.17) is 4.74 Å². The largest absolute Gasteiger partial charge is 0.468 e. The molecule has 0 bridgehead atoms. The standard InChI is InChI=1S/C21H16BrN3O3S/c1-28-19(26)12-25-11-13(16-4-2-3-5-17(16)25)10-18-20(27)24-21(29-18)23-15-8-6-14(22)7-9-15/h2-11H,12H2,1H3,(H,23,24,27)/b18-10+. The number of hydrogen-bond donors (Lipinski definition) is 1. The summed E-state index contributed by atoms with van der Waals surface area (Å²) in [5, 5.41) is 4.28. The molecule has 1 aromatic heterocycles. The Kier molecular flexibility index (Phi) is 5.55. The number of carbonyl (C=O) groups excluding carboxylic acids is 2. The van der Waals surface area contributed by atoms with E-state index in [0.29, 0.717) is 10.1 Å². The Hall–Kier alpha value is -2.84. The number of hydrogen-bond acceptors (Lipinski definition) is 5. The first kappa shape index (κ1) is 19.5. The lowest BCUT2D eigenvalue weighted by molar-refractivity contribution is -0.141. The van der Waals surface area contributed by atoms with Gasteiger partial charge in [0.15, 0.2) is 5.17 Å². The van der Waals surface area contributed by atoms with E-state index in [9.17, 15) is 9.59 Å². The van der Waals surface area contributed by atoms with Crippen molar-refractivity contribution in [3.8, 4) is 0 Å². The van der Waals surface area contributed by atoms with E-state index in [0.717, 1.165) is 26.6 Å². The third kappa shape index (κ3) is 4.28. The smallest absolute Gasteiger partial charge is 0.325 e. The second kappa shape index (κ2) is 8.26. The first-order chi connectivity index (χ1) is 14.0. The summed E-state index contributed by atoms with van der Waals surface area (Å²) in [6.07, 6.45) is 3.67. The summed E-state index contributed by atoms with van der Waals surface area (Å²) in [5.74, 6) is -0.530. The highest BCUT2D eigenvalue weighted by Gasteiger charge is 2.24. The van der Waals surface area contributed by atoms with Crippen LogP contribution in [-0.2, 0) is 20.9 Å². The minimum atomic E-state index is -0.332. The number of amides is 1. The Morgan fingerprint density at radius 2 is 2.00 bits per heavy atom. The number of amidine groups is 1. The second-order valence-electron chi connectivity index (χ2n) is 6.26. The molecule has 1 aliphatic heterocycles. The molecule has 0 saturated carbocycles. The molecule has 6 nitrogen and oxygen atoms in total. The minimum absolute atomic E-state index is 0.107. The minimum Gasteiger partial charge on any atom is -0.468 e. The molecule has 2 heterocycles. The number of benzene rings is 2. The Morgan fingerprint density at radius 3 is 2.76 bits per heavy atom. The number of thioether (sulfide) groups is 1. The van der Waals surface area contributed by atoms with Gasteiger partial charge >= 0.3 is 5.97 Å². The van der Waals surface area contributed by atoms with Crippen molar-refractivity contribution in [3.63, 3.8) is 0 Å². The number of aromatic nitrogens is 1. The molecule has 4 rings (SSSR count). The number of esters is 1. The third-order valence-electron chi connectivity index (χ3n) is 4.34. The molecule has 1 N–H and O–H groups in total. The maximum atomic E-state index is 12.4. The molecular formula is C21H16BrN3O3S. The van der Waals surface area contributed by atoms with Crippen molar-refractivity contribution in [1.29, 1.82) is 0 Å². The Bertz CT molecular complexity index is 1170. The zero-order valence-electron chi connectivity index (χ0n) is 15.4. The Balaban J connectivity index is 1.65. The molecule has 1 saturated heterocycles. The zero-order valence-corrected chi connectivity index (χ0v) is 17.8. The maximum Gasteiger partial charge on any atom is 0.325 e. The van der Waals surface area contributed by atoms with Crippen molar-refractivity contribution in [2.45, 2.75) is 6.54 Å². The molecule has 0 spiro atoms. The van der Waals surface area contributed by atoms with Gasteiger partial charge in [-0.15, -0.1) is 0 Å². The fraction of sp³-hybridized carbons (Fsp3) is 0.0952. The Morgan fingerprint density at radius 1 is 1.24 bits per heavy atom. The predicted octanol–water partition coefficient (Wildman–Crippen LogP) is 4.47. The summed E-state index contributed by atoms with van der Waals surface area (Å²) >= 11 is 4.68. The second-order valence-corrected chi connectivity index (χ2v) is 8.21. The van der Waals surface area contributed by atoms with Crippen LogP contribution in [-0.4, -0.2) is 28.7 Å². The molecule has 29 heavy (non-hydrogen) atoms. The molecule has 1 aliphatic rings. The van der Waals surface area contributed by atoms with E-state index < -0.39 is 0 Å². The molecule has 1 fully saturated rings. The first-order valence-electron chi connectivity index (χ1n) is 8.73. The SMILES string of the molecule is COC(=O)Cn1cc(/C=C2/SC(=Nc3ccc(Br)cc3)NC2=O)c2ccccc21. The average molecular weight is 470 g/mol. The van der Waals surface area contributed by atoms with Gasteiger partial charge in [0.25, 0.3) is 5.91 Å². The van der Waals surface area contributed by atoms with E-state index >= 15 is 0 Å². The van der Waals surface area contributed by atoms with Crippen LogP contribution in [0.2, 0.25) is 0 Å². The lowest BCUT2D eigenvalue weighted by Crippen LogP contribution is -2.19. The topological polar surface area (TPSA) is 72.7 Å². The van der Waals surface area contributed by atoms with Gasteiger partial charge < -0.3 is 14.6 Å². The van der Waals surface area contributed by atoms with E-state index in [-0.39, 0.29) is 18.4 Å². The zero-order chi connectivity index (χ0) is 20.4. The summed E-state index contributed by atoms with van der Waals surface area (Å²) in [4.78, 5) is 29.2. The van der Waals surface area contributed by atoms with Crippen LogP contribution in [0.3, 0.4) is 0 Å². The number of rotatable bonds is 4. The predicted molar refractivity (Wildman–Crippen MR) is 119 cm³/mol.